The molecule has 102 valence electrons. The summed E-state index contributed by atoms with van der Waals surface area (Å²) in [6, 6.07) is 8.21. The van der Waals surface area contributed by atoms with Crippen LogP contribution in [0.1, 0.15) is 37.8 Å². The molecular formula is C16H22N2O. The fourth-order valence-electron chi connectivity index (χ4n) is 2.39. The number of benzene rings is 1. The molecule has 3 heteroatoms. The van der Waals surface area contributed by atoms with Crippen molar-refractivity contribution in [2.24, 2.45) is 0 Å². The summed E-state index contributed by atoms with van der Waals surface area (Å²) in [5.41, 5.74) is 4.23. The molecule has 0 atom stereocenters. The first kappa shape index (κ1) is 13.7. The molecule has 19 heavy (non-hydrogen) atoms. The van der Waals surface area contributed by atoms with Gasteiger partial charge in [0.05, 0.1) is 5.69 Å². The van der Waals surface area contributed by atoms with Gasteiger partial charge in [0, 0.05) is 17.7 Å². The lowest BCUT2D eigenvalue weighted by molar-refractivity contribution is 0.392. The third-order valence-electron chi connectivity index (χ3n) is 3.36. The summed E-state index contributed by atoms with van der Waals surface area (Å²) < 4.78 is 1.73. The number of nitrogens with zero attached hydrogens (tertiary/aromatic N) is 2. The summed E-state index contributed by atoms with van der Waals surface area (Å²) in [5, 5.41) is 14.9. The smallest absolute Gasteiger partial charge is 0.213 e. The number of aryl methyl sites for hydroxylation is 2. The SMILES string of the molecule is CCCc1c(-c2ccccc2C)nn(CCC)c1O. The molecule has 0 amide bonds. The molecule has 1 aromatic heterocycles. The van der Waals surface area contributed by atoms with E-state index in [1.165, 1.54) is 5.56 Å². The van der Waals surface area contributed by atoms with Crippen LogP contribution in [0.25, 0.3) is 11.3 Å². The van der Waals surface area contributed by atoms with Crippen LogP contribution in [0.2, 0.25) is 0 Å². The van der Waals surface area contributed by atoms with Crippen LogP contribution in [0.5, 0.6) is 5.88 Å². The Labute approximate surface area is 114 Å². The maximum atomic E-state index is 10.3. The zero-order chi connectivity index (χ0) is 13.8. The highest BCUT2D eigenvalue weighted by Crippen LogP contribution is 2.32. The van der Waals surface area contributed by atoms with Crippen molar-refractivity contribution >= 4 is 0 Å². The van der Waals surface area contributed by atoms with E-state index in [9.17, 15) is 5.11 Å². The van der Waals surface area contributed by atoms with E-state index in [1.807, 2.05) is 12.1 Å². The van der Waals surface area contributed by atoms with E-state index >= 15 is 0 Å². The molecule has 3 nitrogen and oxygen atoms in total. The van der Waals surface area contributed by atoms with Gasteiger partial charge >= 0.3 is 0 Å². The quantitative estimate of drug-likeness (QED) is 0.882. The molecule has 0 aliphatic rings. The summed E-state index contributed by atoms with van der Waals surface area (Å²) in [6.07, 6.45) is 2.83. The summed E-state index contributed by atoms with van der Waals surface area (Å²) in [6.45, 7) is 7.06. The molecule has 0 spiro atoms. The van der Waals surface area contributed by atoms with Gasteiger partial charge < -0.3 is 5.11 Å². The van der Waals surface area contributed by atoms with Gasteiger partial charge in [-0.1, -0.05) is 44.5 Å². The normalized spacial score (nSPS) is 10.9. The Balaban J connectivity index is 2.55. The van der Waals surface area contributed by atoms with E-state index in [4.69, 9.17) is 0 Å². The first-order chi connectivity index (χ1) is 9.19. The first-order valence-corrected chi connectivity index (χ1v) is 7.03. The van der Waals surface area contributed by atoms with E-state index in [-0.39, 0.29) is 0 Å². The lowest BCUT2D eigenvalue weighted by Gasteiger charge is -2.04. The standard InChI is InChI=1S/C16H22N2O/c1-4-8-14-15(13-10-7-6-9-12(13)3)17-18(11-5-2)16(14)19/h6-7,9-10,19H,4-5,8,11H2,1-3H3. The zero-order valence-electron chi connectivity index (χ0n) is 12.0. The number of aromatic hydroxyl groups is 1. The van der Waals surface area contributed by atoms with Crippen LogP contribution in [-0.4, -0.2) is 14.9 Å². The van der Waals surface area contributed by atoms with Crippen LogP contribution in [0.15, 0.2) is 24.3 Å². The molecule has 0 bridgehead atoms. The second kappa shape index (κ2) is 5.91. The minimum absolute atomic E-state index is 0.335. The van der Waals surface area contributed by atoms with Gasteiger partial charge in [-0.2, -0.15) is 5.10 Å². The van der Waals surface area contributed by atoms with E-state index in [2.05, 4.69) is 38.0 Å². The maximum absolute atomic E-state index is 10.3. The molecule has 1 N–H and O–H groups in total. The number of hydrogen-bond acceptors (Lipinski definition) is 2. The van der Waals surface area contributed by atoms with Crippen molar-refractivity contribution < 1.29 is 5.11 Å². The molecule has 2 rings (SSSR count). The highest BCUT2D eigenvalue weighted by atomic mass is 16.3. The predicted octanol–water partition coefficient (Wildman–Crippen LogP) is 3.93. The van der Waals surface area contributed by atoms with Crippen molar-refractivity contribution in [3.63, 3.8) is 0 Å². The maximum Gasteiger partial charge on any atom is 0.213 e. The zero-order valence-corrected chi connectivity index (χ0v) is 12.0. The van der Waals surface area contributed by atoms with Crippen molar-refractivity contribution in [3.05, 3.63) is 35.4 Å². The molecule has 0 fully saturated rings. The molecule has 0 aliphatic carbocycles. The van der Waals surface area contributed by atoms with Crippen molar-refractivity contribution in [2.75, 3.05) is 0 Å². The summed E-state index contributed by atoms with van der Waals surface area (Å²) in [4.78, 5) is 0. The predicted molar refractivity (Wildman–Crippen MR) is 78.4 cm³/mol. The van der Waals surface area contributed by atoms with Crippen LogP contribution in [0.3, 0.4) is 0 Å². The molecule has 2 aromatic rings. The summed E-state index contributed by atoms with van der Waals surface area (Å²) in [7, 11) is 0. The van der Waals surface area contributed by atoms with Crippen molar-refractivity contribution in [1.29, 1.82) is 0 Å². The summed E-state index contributed by atoms with van der Waals surface area (Å²) >= 11 is 0. The van der Waals surface area contributed by atoms with E-state index in [0.29, 0.717) is 5.88 Å². The van der Waals surface area contributed by atoms with Gasteiger partial charge in [0.15, 0.2) is 0 Å². The fourth-order valence-corrected chi connectivity index (χ4v) is 2.39. The van der Waals surface area contributed by atoms with Crippen LogP contribution in [0.4, 0.5) is 0 Å². The van der Waals surface area contributed by atoms with Crippen molar-refractivity contribution in [2.45, 2.75) is 46.6 Å². The molecule has 0 unspecified atom stereocenters. The third kappa shape index (κ3) is 2.65. The number of hydrogen-bond donors (Lipinski definition) is 1. The van der Waals surface area contributed by atoms with Gasteiger partial charge in [-0.15, -0.1) is 0 Å². The van der Waals surface area contributed by atoms with E-state index in [1.54, 1.807) is 4.68 Å². The molecule has 0 radical (unpaired) electrons. The molecule has 0 saturated heterocycles. The molecule has 1 heterocycles. The van der Waals surface area contributed by atoms with Gasteiger partial charge in [0.1, 0.15) is 0 Å². The number of rotatable bonds is 5. The largest absolute Gasteiger partial charge is 0.493 e. The summed E-state index contributed by atoms with van der Waals surface area (Å²) in [5.74, 6) is 0.335. The van der Waals surface area contributed by atoms with Gasteiger partial charge in [-0.25, -0.2) is 4.68 Å². The van der Waals surface area contributed by atoms with Crippen LogP contribution in [-0.2, 0) is 13.0 Å². The highest BCUT2D eigenvalue weighted by Gasteiger charge is 2.18. The average Bonchev–Trinajstić information content (AvgIpc) is 2.69. The van der Waals surface area contributed by atoms with Crippen molar-refractivity contribution in [1.82, 2.24) is 9.78 Å². The fraction of sp³-hybridized carbons (Fsp3) is 0.438. The van der Waals surface area contributed by atoms with E-state index < -0.39 is 0 Å². The third-order valence-corrected chi connectivity index (χ3v) is 3.36. The molecule has 0 saturated carbocycles. The lowest BCUT2D eigenvalue weighted by Crippen LogP contribution is -1.98. The van der Waals surface area contributed by atoms with Gasteiger partial charge in [-0.05, 0) is 25.3 Å². The monoisotopic (exact) mass is 258 g/mol. The Hall–Kier alpha value is -1.77. The minimum Gasteiger partial charge on any atom is -0.493 e. The minimum atomic E-state index is 0.335. The Morgan fingerprint density at radius 1 is 1.16 bits per heavy atom. The van der Waals surface area contributed by atoms with Gasteiger partial charge in [0.25, 0.3) is 0 Å². The van der Waals surface area contributed by atoms with Gasteiger partial charge in [-0.3, -0.25) is 0 Å². The van der Waals surface area contributed by atoms with Crippen LogP contribution >= 0.6 is 0 Å². The Morgan fingerprint density at radius 3 is 2.53 bits per heavy atom. The van der Waals surface area contributed by atoms with Crippen LogP contribution in [0, 0.1) is 6.92 Å². The Bertz CT molecular complexity index is 558. The van der Waals surface area contributed by atoms with E-state index in [0.717, 1.165) is 42.6 Å². The Morgan fingerprint density at radius 2 is 1.89 bits per heavy atom. The lowest BCUT2D eigenvalue weighted by atomic mass is 10.0. The Kier molecular flexibility index (Phi) is 4.25. The molecular weight excluding hydrogens is 236 g/mol. The average molecular weight is 258 g/mol. The topological polar surface area (TPSA) is 38.0 Å². The number of aromatic nitrogens is 2. The molecule has 1 aromatic carbocycles. The van der Waals surface area contributed by atoms with Crippen LogP contribution < -0.4 is 0 Å². The van der Waals surface area contributed by atoms with Gasteiger partial charge in [0.2, 0.25) is 5.88 Å². The second-order valence-corrected chi connectivity index (χ2v) is 4.94. The second-order valence-electron chi connectivity index (χ2n) is 4.94. The highest BCUT2D eigenvalue weighted by molar-refractivity contribution is 5.68. The van der Waals surface area contributed by atoms with Crippen molar-refractivity contribution in [3.8, 4) is 17.1 Å². The first-order valence-electron chi connectivity index (χ1n) is 7.03. The molecule has 0 aliphatic heterocycles.